The van der Waals surface area contributed by atoms with Crippen molar-refractivity contribution >= 4 is 0 Å². The van der Waals surface area contributed by atoms with E-state index in [1.54, 1.807) is 7.11 Å². The van der Waals surface area contributed by atoms with E-state index in [4.69, 9.17) is 99.5 Å². The highest BCUT2D eigenvalue weighted by atomic mass is 16.8. The van der Waals surface area contributed by atoms with Gasteiger partial charge in [-0.05, 0) is 61.2 Å². The molecule has 16 rings (SSSR count). The maximum Gasteiger partial charge on any atom is 0.187 e. The van der Waals surface area contributed by atoms with Crippen molar-refractivity contribution in [2.45, 2.75) is 196 Å². The topological polar surface area (TPSA) is 194 Å². The highest BCUT2D eigenvalue weighted by molar-refractivity contribution is 5.22. The van der Waals surface area contributed by atoms with E-state index in [9.17, 15) is 0 Å². The molecule has 0 unspecified atom stereocenters. The molecule has 0 saturated carbocycles. The molecular formula is C103H110O21. The quantitative estimate of drug-likeness (QED) is 0.0349. The number of benzene rings is 11. The summed E-state index contributed by atoms with van der Waals surface area (Å²) in [7, 11) is 1.58. The molecule has 0 amide bonds. The van der Waals surface area contributed by atoms with E-state index in [-0.39, 0.29) is 92.5 Å². The zero-order chi connectivity index (χ0) is 84.0. The molecule has 5 aliphatic heterocycles. The third-order valence-electron chi connectivity index (χ3n) is 22.4. The van der Waals surface area contributed by atoms with Gasteiger partial charge in [0.15, 0.2) is 31.5 Å². The fraction of sp³-hybridized carbons (Fsp3) is 0.359. The normalized spacial score (nSPS) is 26.7. The monoisotopic (exact) mass is 1680 g/mol. The first-order valence-electron chi connectivity index (χ1n) is 42.9. The molecule has 5 fully saturated rings. The van der Waals surface area contributed by atoms with Crippen LogP contribution in [-0.4, -0.2) is 163 Å². The number of rotatable bonds is 47. The summed E-state index contributed by atoms with van der Waals surface area (Å²) in [5.74, 6) is 0. The number of hydrogen-bond acceptors (Lipinski definition) is 21. The molecular weight excluding hydrogens is 1570 g/mol. The van der Waals surface area contributed by atoms with Gasteiger partial charge in [0, 0.05) is 7.11 Å². The van der Waals surface area contributed by atoms with Crippen molar-refractivity contribution in [3.8, 4) is 0 Å². The van der Waals surface area contributed by atoms with Crippen LogP contribution in [0.25, 0.3) is 0 Å². The van der Waals surface area contributed by atoms with Crippen molar-refractivity contribution in [2.75, 3.05) is 40.1 Å². The van der Waals surface area contributed by atoms with Gasteiger partial charge in [-0.3, -0.25) is 0 Å². The molecule has 5 heterocycles. The standard InChI is InChI=1S/C103H110O21/c1-104-99-96(115-67-83-55-33-12-34-56-83)93(122-103-98(92(112-64-80-49-27-9-28-50-80)87(121-103)71-108-60-76-41-19-5-20-42-76)124-102-95(114-66-82-53-31-11-32-54-82)90(110-62-78-45-23-7-24-46-78)85(120-102)69-106-58-74-37-15-3-16-38-74)88(117-99)72-116-100-97(91(111-63-79-47-25-8-26-48-79)86(118-100)70-107-59-75-39-17-4-18-40-75)123-101-94(113-65-81-51-29-10-30-52-81)89(109-61-77-43-21-6-22-44-77)84(119-101)68-105-57-73-35-13-2-14-36-73/h2-56,84-103H,57-72H2,1H3/t84-,85-,86-,87-,88-,89-,90-,91-,92-,93-,94+,95+,96+,97+,98+,99+,100+,101+,102+,103-/m1/s1. The predicted molar refractivity (Wildman–Crippen MR) is 460 cm³/mol. The summed E-state index contributed by atoms with van der Waals surface area (Å²) in [5, 5.41) is 0. The molecule has 5 saturated heterocycles. The molecule has 20 atom stereocenters. The lowest BCUT2D eigenvalue weighted by Gasteiger charge is -2.33. The Morgan fingerprint density at radius 3 is 0.597 bits per heavy atom. The molecule has 0 bridgehead atoms. The van der Waals surface area contributed by atoms with Gasteiger partial charge in [0.05, 0.1) is 106 Å². The van der Waals surface area contributed by atoms with Crippen LogP contribution in [0.1, 0.15) is 61.2 Å². The van der Waals surface area contributed by atoms with Gasteiger partial charge in [-0.2, -0.15) is 0 Å². The Morgan fingerprint density at radius 2 is 0.347 bits per heavy atom. The molecule has 11 aromatic rings. The highest BCUT2D eigenvalue weighted by Crippen LogP contribution is 2.42. The minimum atomic E-state index is -1.30. The van der Waals surface area contributed by atoms with Crippen LogP contribution in [0.4, 0.5) is 0 Å². The van der Waals surface area contributed by atoms with Crippen molar-refractivity contribution < 1.29 is 99.5 Å². The second kappa shape index (κ2) is 46.7. The van der Waals surface area contributed by atoms with Gasteiger partial charge >= 0.3 is 0 Å². The highest BCUT2D eigenvalue weighted by Gasteiger charge is 2.59. The van der Waals surface area contributed by atoms with Crippen LogP contribution in [0.3, 0.4) is 0 Å². The maximum atomic E-state index is 7.72. The lowest BCUT2D eigenvalue weighted by Crippen LogP contribution is -2.49. The van der Waals surface area contributed by atoms with E-state index in [1.165, 1.54) is 0 Å². The van der Waals surface area contributed by atoms with Crippen LogP contribution >= 0.6 is 0 Å². The van der Waals surface area contributed by atoms with Crippen molar-refractivity contribution in [3.63, 3.8) is 0 Å². The summed E-state index contributed by atoms with van der Waals surface area (Å²) in [6, 6.07) is 110. The largest absolute Gasteiger partial charge is 0.374 e. The maximum absolute atomic E-state index is 7.72. The minimum Gasteiger partial charge on any atom is -0.374 e. The van der Waals surface area contributed by atoms with E-state index in [0.29, 0.717) is 13.2 Å². The zero-order valence-electron chi connectivity index (χ0n) is 69.7. The average molecular weight is 1680 g/mol. The van der Waals surface area contributed by atoms with E-state index in [1.807, 2.05) is 334 Å². The van der Waals surface area contributed by atoms with Crippen LogP contribution in [0.2, 0.25) is 0 Å². The smallest absolute Gasteiger partial charge is 0.187 e. The Hall–Kier alpha value is -9.42. The summed E-state index contributed by atoms with van der Waals surface area (Å²) < 4.78 is 149. The fourth-order valence-corrected chi connectivity index (χ4v) is 16.1. The van der Waals surface area contributed by atoms with Crippen molar-refractivity contribution in [3.05, 3.63) is 395 Å². The van der Waals surface area contributed by atoms with Gasteiger partial charge in [-0.15, -0.1) is 0 Å². The van der Waals surface area contributed by atoms with E-state index in [0.717, 1.165) is 61.2 Å². The molecule has 5 aliphatic rings. The lowest BCUT2D eigenvalue weighted by atomic mass is 10.1. The Labute approximate surface area is 726 Å². The molecule has 0 spiro atoms. The first-order valence-corrected chi connectivity index (χ1v) is 42.9. The molecule has 21 nitrogen and oxygen atoms in total. The number of hydrogen-bond donors (Lipinski definition) is 0. The summed E-state index contributed by atoms with van der Waals surface area (Å²) in [6.07, 6.45) is -19.2. The Morgan fingerprint density at radius 1 is 0.169 bits per heavy atom. The fourth-order valence-electron chi connectivity index (χ4n) is 16.1. The molecule has 0 aromatic heterocycles. The van der Waals surface area contributed by atoms with Crippen molar-refractivity contribution in [2.24, 2.45) is 0 Å². The average Bonchev–Trinajstić information content (AvgIpc) is 1.40. The molecule has 0 N–H and O–H groups in total. The van der Waals surface area contributed by atoms with Crippen LogP contribution in [0.5, 0.6) is 0 Å². The zero-order valence-corrected chi connectivity index (χ0v) is 69.7. The summed E-state index contributed by atoms with van der Waals surface area (Å²) in [4.78, 5) is 0. The molecule has 21 heteroatoms. The Kier molecular flexibility index (Phi) is 33.2. The first kappa shape index (κ1) is 88.0. The number of ether oxygens (including phenoxy) is 21. The lowest BCUT2D eigenvalue weighted by molar-refractivity contribution is -0.276. The SMILES string of the molecule is CO[C@H]1O[C@H](CO[C@H]2O[C@H](COCc3ccccc3)[C@@H](OCc3ccccc3)[C@@H]2O[C@@H]2O[C@H](COCc3ccccc3)[C@@H](OCc3ccccc3)[C@@H]2OCc2ccccc2)[C@@H](O[C@H]2O[C@H](COCc3ccccc3)[C@@H](OCc3ccccc3)[C@@H]2O[C@@H]2O[C@H](COCc3ccccc3)[C@@H](OCc3ccccc3)[C@@H]2OCc2ccccc2)[C@@H]1OCc1ccccc1. The van der Waals surface area contributed by atoms with Gasteiger partial charge in [-0.1, -0.05) is 334 Å². The van der Waals surface area contributed by atoms with Gasteiger partial charge in [0.1, 0.15) is 91.6 Å². The summed E-state index contributed by atoms with van der Waals surface area (Å²) in [5.41, 5.74) is 10.4. The molecule has 124 heavy (non-hydrogen) atoms. The van der Waals surface area contributed by atoms with Gasteiger partial charge < -0.3 is 99.5 Å². The van der Waals surface area contributed by atoms with Crippen LogP contribution in [0, 0.1) is 0 Å². The molecule has 648 valence electrons. The third-order valence-corrected chi connectivity index (χ3v) is 22.4. The second-order valence-corrected chi connectivity index (χ2v) is 31.4. The predicted octanol–water partition coefficient (Wildman–Crippen LogP) is 16.4. The number of methoxy groups -OCH3 is 1. The molecule has 0 radical (unpaired) electrons. The van der Waals surface area contributed by atoms with E-state index < -0.39 is 123 Å². The van der Waals surface area contributed by atoms with Gasteiger partial charge in [-0.25, -0.2) is 0 Å². The van der Waals surface area contributed by atoms with Crippen molar-refractivity contribution in [1.29, 1.82) is 0 Å². The van der Waals surface area contributed by atoms with Crippen LogP contribution in [-0.2, 0) is 172 Å². The minimum absolute atomic E-state index is 0.0446. The third kappa shape index (κ3) is 25.0. The Bertz CT molecular complexity index is 4770. The van der Waals surface area contributed by atoms with E-state index in [2.05, 4.69) is 0 Å². The van der Waals surface area contributed by atoms with Crippen LogP contribution < -0.4 is 0 Å². The molecule has 0 aliphatic carbocycles. The first-order chi connectivity index (χ1) is 61.4. The van der Waals surface area contributed by atoms with E-state index >= 15 is 0 Å². The molecule has 11 aromatic carbocycles. The Balaban J connectivity index is 0.758. The summed E-state index contributed by atoms with van der Waals surface area (Å²) >= 11 is 0. The van der Waals surface area contributed by atoms with Crippen LogP contribution in [0.15, 0.2) is 334 Å². The van der Waals surface area contributed by atoms with Gasteiger partial charge in [0.25, 0.3) is 0 Å². The second-order valence-electron chi connectivity index (χ2n) is 31.4. The summed E-state index contributed by atoms with van der Waals surface area (Å²) in [6.45, 7) is 2.62. The van der Waals surface area contributed by atoms with Crippen molar-refractivity contribution in [1.82, 2.24) is 0 Å². The van der Waals surface area contributed by atoms with Gasteiger partial charge in [0.2, 0.25) is 0 Å².